The molecular formula is C29H45N3O7. The van der Waals surface area contributed by atoms with Crippen LogP contribution in [0.1, 0.15) is 70.4 Å². The van der Waals surface area contributed by atoms with Gasteiger partial charge in [-0.25, -0.2) is 4.79 Å². The van der Waals surface area contributed by atoms with Crippen molar-refractivity contribution >= 4 is 29.5 Å². The number of ketones is 2. The third kappa shape index (κ3) is 16.3. The van der Waals surface area contributed by atoms with Crippen LogP contribution in [0.5, 0.6) is 0 Å². The minimum Gasteiger partial charge on any atom is -0.449 e. The Morgan fingerprint density at radius 2 is 1.62 bits per heavy atom. The van der Waals surface area contributed by atoms with Crippen LogP contribution in [0.4, 0.5) is 4.79 Å². The zero-order valence-corrected chi connectivity index (χ0v) is 23.9. The van der Waals surface area contributed by atoms with Crippen molar-refractivity contribution in [3.63, 3.8) is 0 Å². The highest BCUT2D eigenvalue weighted by Gasteiger charge is 2.11. The molecule has 0 aliphatic heterocycles. The molecule has 10 heteroatoms. The van der Waals surface area contributed by atoms with E-state index in [1.54, 1.807) is 25.8 Å². The molecule has 10 nitrogen and oxygen atoms in total. The molecule has 0 aromatic heterocycles. The maximum atomic E-state index is 12.3. The highest BCUT2D eigenvalue weighted by Crippen LogP contribution is 2.09. The Morgan fingerprint density at radius 3 is 2.28 bits per heavy atom. The number of Topliss-reactive ketones (excluding diaryl/α,β-unsaturated/α-hetero) is 2. The SMILES string of the molecule is CCC(=O)CCNC(=O)Cc1ccc(CN(C)C(=O)COCCCOC(=O)NCCCCC(C)C(C)=O)cc1. The Bertz CT molecular complexity index is 918. The van der Waals surface area contributed by atoms with E-state index in [9.17, 15) is 24.0 Å². The molecule has 1 aromatic rings. The number of hydrogen-bond acceptors (Lipinski definition) is 7. The number of benzene rings is 1. The molecular weight excluding hydrogens is 502 g/mol. The van der Waals surface area contributed by atoms with E-state index in [1.165, 1.54) is 0 Å². The van der Waals surface area contributed by atoms with E-state index in [2.05, 4.69) is 10.6 Å². The summed E-state index contributed by atoms with van der Waals surface area (Å²) in [7, 11) is 1.69. The van der Waals surface area contributed by atoms with Gasteiger partial charge in [-0.1, -0.05) is 44.5 Å². The highest BCUT2D eigenvalue weighted by molar-refractivity contribution is 5.81. The van der Waals surface area contributed by atoms with Gasteiger partial charge < -0.3 is 25.0 Å². The third-order valence-corrected chi connectivity index (χ3v) is 6.27. The lowest BCUT2D eigenvalue weighted by atomic mass is 10.0. The number of hydrogen-bond donors (Lipinski definition) is 2. The second kappa shape index (κ2) is 19.7. The molecule has 1 atom stereocenters. The third-order valence-electron chi connectivity index (χ3n) is 6.27. The standard InChI is InChI=1S/C29H45N3O7/c1-5-26(34)14-16-30-27(35)19-24-10-12-25(13-11-24)20-32(4)28(36)21-38-17-8-18-39-29(37)31-15-7-6-9-22(2)23(3)33/h10-13,22H,5-9,14-21H2,1-4H3,(H,30,35)(H,31,37). The van der Waals surface area contributed by atoms with Crippen LogP contribution in [0.25, 0.3) is 0 Å². The van der Waals surface area contributed by atoms with E-state index in [-0.39, 0.29) is 48.9 Å². The van der Waals surface area contributed by atoms with Crippen molar-refractivity contribution in [3.05, 3.63) is 35.4 Å². The van der Waals surface area contributed by atoms with Gasteiger partial charge >= 0.3 is 6.09 Å². The van der Waals surface area contributed by atoms with E-state index in [0.717, 1.165) is 30.4 Å². The first kappa shape index (κ1) is 33.8. The zero-order valence-electron chi connectivity index (χ0n) is 23.9. The van der Waals surface area contributed by atoms with Gasteiger partial charge in [0.05, 0.1) is 19.6 Å². The van der Waals surface area contributed by atoms with E-state index >= 15 is 0 Å². The average molecular weight is 548 g/mol. The van der Waals surface area contributed by atoms with Gasteiger partial charge in [0.1, 0.15) is 18.2 Å². The predicted molar refractivity (Wildman–Crippen MR) is 148 cm³/mol. The van der Waals surface area contributed by atoms with Crippen LogP contribution in [-0.2, 0) is 41.6 Å². The van der Waals surface area contributed by atoms with Crippen LogP contribution in [-0.4, -0.2) is 74.3 Å². The molecule has 1 aromatic carbocycles. The van der Waals surface area contributed by atoms with Crippen LogP contribution in [0.3, 0.4) is 0 Å². The normalized spacial score (nSPS) is 11.4. The number of alkyl carbamates (subject to hydrolysis) is 1. The first-order valence-electron chi connectivity index (χ1n) is 13.7. The van der Waals surface area contributed by atoms with Crippen LogP contribution in [0.15, 0.2) is 24.3 Å². The predicted octanol–water partition coefficient (Wildman–Crippen LogP) is 3.20. The summed E-state index contributed by atoms with van der Waals surface area (Å²) in [6, 6.07) is 7.46. The van der Waals surface area contributed by atoms with Gasteiger partial charge in [-0.3, -0.25) is 19.2 Å². The minimum absolute atomic E-state index is 0.0528. The molecule has 0 aliphatic rings. The topological polar surface area (TPSA) is 131 Å². The highest BCUT2D eigenvalue weighted by atomic mass is 16.5. The second-order valence-electron chi connectivity index (χ2n) is 9.71. The average Bonchev–Trinajstić information content (AvgIpc) is 2.90. The van der Waals surface area contributed by atoms with Crippen molar-refractivity contribution in [2.24, 2.45) is 5.92 Å². The maximum absolute atomic E-state index is 12.3. The van der Waals surface area contributed by atoms with Crippen molar-refractivity contribution in [1.82, 2.24) is 15.5 Å². The lowest BCUT2D eigenvalue weighted by Crippen LogP contribution is -2.30. The summed E-state index contributed by atoms with van der Waals surface area (Å²) in [5.74, 6) is 0.0592. The first-order chi connectivity index (χ1) is 18.6. The lowest BCUT2D eigenvalue weighted by molar-refractivity contribution is -0.135. The molecule has 1 rings (SSSR count). The van der Waals surface area contributed by atoms with Gasteiger partial charge in [0.15, 0.2) is 0 Å². The summed E-state index contributed by atoms with van der Waals surface area (Å²) in [5.41, 5.74) is 1.78. The molecule has 0 fully saturated rings. The number of nitrogens with zero attached hydrogens (tertiary/aromatic N) is 1. The van der Waals surface area contributed by atoms with Gasteiger partial charge in [-0.2, -0.15) is 0 Å². The quantitative estimate of drug-likeness (QED) is 0.240. The summed E-state index contributed by atoms with van der Waals surface area (Å²) < 4.78 is 10.5. The minimum atomic E-state index is -0.486. The van der Waals surface area contributed by atoms with Crippen LogP contribution in [0.2, 0.25) is 0 Å². The molecule has 218 valence electrons. The number of ether oxygens (including phenoxy) is 2. The zero-order chi connectivity index (χ0) is 29.0. The molecule has 0 radical (unpaired) electrons. The molecule has 0 heterocycles. The fraction of sp³-hybridized carbons (Fsp3) is 0.621. The molecule has 39 heavy (non-hydrogen) atoms. The molecule has 1 unspecified atom stereocenters. The molecule has 2 N–H and O–H groups in total. The summed E-state index contributed by atoms with van der Waals surface area (Å²) >= 11 is 0. The van der Waals surface area contributed by atoms with Gasteiger partial charge in [0.25, 0.3) is 0 Å². The number of rotatable bonds is 20. The molecule has 0 spiro atoms. The van der Waals surface area contributed by atoms with Gasteiger partial charge in [-0.15, -0.1) is 0 Å². The fourth-order valence-electron chi connectivity index (χ4n) is 3.51. The van der Waals surface area contributed by atoms with E-state index < -0.39 is 6.09 Å². The summed E-state index contributed by atoms with van der Waals surface area (Å²) in [6.07, 6.45) is 3.51. The van der Waals surface area contributed by atoms with Crippen molar-refractivity contribution in [2.45, 2.75) is 72.3 Å². The Labute approximate surface area is 232 Å². The summed E-state index contributed by atoms with van der Waals surface area (Å²) in [6.45, 7) is 6.97. The Kier molecular flexibility index (Phi) is 17.1. The van der Waals surface area contributed by atoms with E-state index in [1.807, 2.05) is 31.2 Å². The smallest absolute Gasteiger partial charge is 0.407 e. The van der Waals surface area contributed by atoms with Crippen molar-refractivity contribution in [2.75, 3.05) is 40.0 Å². The van der Waals surface area contributed by atoms with E-state index in [0.29, 0.717) is 45.5 Å². The van der Waals surface area contributed by atoms with Crippen LogP contribution in [0, 0.1) is 5.92 Å². The second-order valence-corrected chi connectivity index (χ2v) is 9.71. The van der Waals surface area contributed by atoms with Crippen molar-refractivity contribution in [3.8, 4) is 0 Å². The number of likely N-dealkylation sites (N-methyl/N-ethyl adjacent to an activating group) is 1. The largest absolute Gasteiger partial charge is 0.449 e. The van der Waals surface area contributed by atoms with Crippen LogP contribution >= 0.6 is 0 Å². The number of amides is 3. The number of carbonyl (C=O) groups excluding carboxylic acids is 5. The Hall–Kier alpha value is -3.27. The Morgan fingerprint density at radius 1 is 0.923 bits per heavy atom. The Balaban J connectivity index is 2.14. The molecule has 0 bridgehead atoms. The molecule has 0 aliphatic carbocycles. The van der Waals surface area contributed by atoms with Gasteiger partial charge in [-0.05, 0) is 30.9 Å². The van der Waals surface area contributed by atoms with Crippen LogP contribution < -0.4 is 10.6 Å². The molecule has 3 amide bonds. The first-order valence-corrected chi connectivity index (χ1v) is 13.7. The number of unbranched alkanes of at least 4 members (excludes halogenated alkanes) is 1. The summed E-state index contributed by atoms with van der Waals surface area (Å²) in [4.78, 5) is 60.1. The number of nitrogens with one attached hydrogen (secondary N) is 2. The maximum Gasteiger partial charge on any atom is 0.407 e. The molecule has 0 saturated heterocycles. The van der Waals surface area contributed by atoms with Crippen molar-refractivity contribution in [1.29, 1.82) is 0 Å². The summed E-state index contributed by atoms with van der Waals surface area (Å²) in [5, 5.41) is 5.43. The van der Waals surface area contributed by atoms with Gasteiger partial charge in [0.2, 0.25) is 11.8 Å². The van der Waals surface area contributed by atoms with Gasteiger partial charge in [0, 0.05) is 51.9 Å². The van der Waals surface area contributed by atoms with Crippen molar-refractivity contribution < 1.29 is 33.4 Å². The number of carbonyl (C=O) groups is 5. The van der Waals surface area contributed by atoms with E-state index in [4.69, 9.17) is 9.47 Å². The monoisotopic (exact) mass is 547 g/mol. The fourth-order valence-corrected chi connectivity index (χ4v) is 3.51. The molecule has 0 saturated carbocycles. The lowest BCUT2D eigenvalue weighted by Gasteiger charge is -2.17.